The Balaban J connectivity index is 1.74. The molecule has 0 unspecified atom stereocenters. The second-order valence-electron chi connectivity index (χ2n) is 5.71. The second-order valence-corrected chi connectivity index (χ2v) is 7.62. The molecule has 142 valence electrons. The number of hydrogen-bond acceptors (Lipinski definition) is 5. The number of aromatic nitrogens is 2. The summed E-state index contributed by atoms with van der Waals surface area (Å²) in [6.45, 7) is 3.37. The summed E-state index contributed by atoms with van der Waals surface area (Å²) in [6, 6.07) is 6.61. The number of aryl methyl sites for hydroxylation is 1. The smallest absolute Gasteiger partial charge is 0.257 e. The molecule has 1 aromatic heterocycles. The summed E-state index contributed by atoms with van der Waals surface area (Å²) < 4.78 is 32.1. The molecule has 26 heavy (non-hydrogen) atoms. The summed E-state index contributed by atoms with van der Waals surface area (Å²) in [5.41, 5.74) is 0.561. The third-order valence-corrected chi connectivity index (χ3v) is 4.93. The summed E-state index contributed by atoms with van der Waals surface area (Å²) in [5.74, 6) is 0.304. The molecule has 8 nitrogen and oxygen atoms in total. The van der Waals surface area contributed by atoms with E-state index in [1.807, 2.05) is 10.8 Å². The summed E-state index contributed by atoms with van der Waals surface area (Å²) in [4.78, 5) is 15.7. The first-order valence-corrected chi connectivity index (χ1v) is 10.2. The van der Waals surface area contributed by atoms with Crippen LogP contribution in [0.1, 0.15) is 13.3 Å². The van der Waals surface area contributed by atoms with E-state index in [0.29, 0.717) is 24.5 Å². The number of nitrogens with zero attached hydrogens (tertiary/aromatic N) is 3. The highest BCUT2D eigenvalue weighted by atomic mass is 32.2. The van der Waals surface area contributed by atoms with E-state index in [0.717, 1.165) is 19.2 Å². The van der Waals surface area contributed by atoms with Crippen molar-refractivity contribution in [1.29, 1.82) is 0 Å². The first-order chi connectivity index (χ1) is 12.4. The molecule has 1 N–H and O–H groups in total. The minimum Gasteiger partial charge on any atom is -0.484 e. The van der Waals surface area contributed by atoms with Crippen LogP contribution in [-0.2, 0) is 21.4 Å². The van der Waals surface area contributed by atoms with Gasteiger partial charge < -0.3 is 14.6 Å². The molecule has 0 fully saturated rings. The van der Waals surface area contributed by atoms with Crippen LogP contribution in [-0.4, -0.2) is 49.8 Å². The molecule has 9 heteroatoms. The largest absolute Gasteiger partial charge is 0.484 e. The van der Waals surface area contributed by atoms with Gasteiger partial charge in [-0.15, -0.1) is 0 Å². The van der Waals surface area contributed by atoms with Gasteiger partial charge in [0.2, 0.25) is 10.0 Å². The number of rotatable bonds is 10. The molecule has 2 rings (SSSR count). The van der Waals surface area contributed by atoms with Crippen LogP contribution in [0.5, 0.6) is 5.75 Å². The van der Waals surface area contributed by atoms with Gasteiger partial charge in [-0.05, 0) is 37.6 Å². The van der Waals surface area contributed by atoms with Crippen molar-refractivity contribution >= 4 is 21.6 Å². The van der Waals surface area contributed by atoms with E-state index in [-0.39, 0.29) is 12.5 Å². The van der Waals surface area contributed by atoms with Gasteiger partial charge in [-0.2, -0.15) is 0 Å². The van der Waals surface area contributed by atoms with Gasteiger partial charge >= 0.3 is 0 Å². The van der Waals surface area contributed by atoms with Crippen LogP contribution < -0.4 is 14.4 Å². The third kappa shape index (κ3) is 6.07. The van der Waals surface area contributed by atoms with Crippen LogP contribution in [0.4, 0.5) is 5.69 Å². The number of ether oxygens (including phenoxy) is 1. The molecular weight excluding hydrogens is 356 g/mol. The van der Waals surface area contributed by atoms with E-state index >= 15 is 0 Å². The zero-order chi connectivity index (χ0) is 19.0. The van der Waals surface area contributed by atoms with E-state index in [9.17, 15) is 13.2 Å². The van der Waals surface area contributed by atoms with Crippen LogP contribution >= 0.6 is 0 Å². The average molecular weight is 380 g/mol. The number of carbonyl (C=O) groups is 1. The van der Waals surface area contributed by atoms with Crippen molar-refractivity contribution in [3.8, 4) is 5.75 Å². The highest BCUT2D eigenvalue weighted by Crippen LogP contribution is 2.21. The minimum atomic E-state index is -3.31. The maximum Gasteiger partial charge on any atom is 0.257 e. The van der Waals surface area contributed by atoms with Crippen LogP contribution in [0.3, 0.4) is 0 Å². The Bertz CT molecular complexity index is 789. The fourth-order valence-corrected chi connectivity index (χ4v) is 3.40. The molecule has 0 spiro atoms. The SMILES string of the molecule is CCN(c1ccc(OCC(=O)NCCCn2ccnc2)cc1)S(C)(=O)=O. The lowest BCUT2D eigenvalue weighted by Gasteiger charge is -2.20. The lowest BCUT2D eigenvalue weighted by Crippen LogP contribution is -2.30. The fourth-order valence-electron chi connectivity index (χ4n) is 2.43. The quantitative estimate of drug-likeness (QED) is 0.626. The zero-order valence-electron chi connectivity index (χ0n) is 15.0. The Labute approximate surface area is 153 Å². The minimum absolute atomic E-state index is 0.0893. The van der Waals surface area contributed by atoms with Crippen molar-refractivity contribution in [3.05, 3.63) is 43.0 Å². The zero-order valence-corrected chi connectivity index (χ0v) is 15.8. The Kier molecular flexibility index (Phi) is 7.02. The van der Waals surface area contributed by atoms with Crippen molar-refractivity contribution in [1.82, 2.24) is 14.9 Å². The lowest BCUT2D eigenvalue weighted by molar-refractivity contribution is -0.123. The Hall–Kier alpha value is -2.55. The number of hydrogen-bond donors (Lipinski definition) is 1. The van der Waals surface area contributed by atoms with E-state index in [1.165, 1.54) is 4.31 Å². The number of nitrogens with one attached hydrogen (secondary N) is 1. The molecule has 0 atom stereocenters. The van der Waals surface area contributed by atoms with Crippen molar-refractivity contribution in [2.24, 2.45) is 0 Å². The number of sulfonamides is 1. The van der Waals surface area contributed by atoms with Crippen molar-refractivity contribution in [3.63, 3.8) is 0 Å². The molecule has 1 amide bonds. The first-order valence-electron chi connectivity index (χ1n) is 8.33. The maximum absolute atomic E-state index is 11.8. The van der Waals surface area contributed by atoms with Crippen molar-refractivity contribution in [2.45, 2.75) is 19.9 Å². The van der Waals surface area contributed by atoms with Gasteiger partial charge in [-0.3, -0.25) is 9.10 Å². The molecule has 0 saturated heterocycles. The van der Waals surface area contributed by atoms with Gasteiger partial charge in [0.1, 0.15) is 5.75 Å². The molecule has 0 aliphatic rings. The van der Waals surface area contributed by atoms with Gasteiger partial charge in [-0.25, -0.2) is 13.4 Å². The molecule has 0 bridgehead atoms. The number of carbonyl (C=O) groups excluding carboxylic acids is 1. The topological polar surface area (TPSA) is 93.5 Å². The lowest BCUT2D eigenvalue weighted by atomic mass is 10.3. The Morgan fingerprint density at radius 1 is 1.31 bits per heavy atom. The first kappa shape index (κ1) is 19.8. The second kappa shape index (κ2) is 9.23. The van der Waals surface area contributed by atoms with Crippen LogP contribution in [0.2, 0.25) is 0 Å². The molecule has 1 heterocycles. The fraction of sp³-hybridized carbons (Fsp3) is 0.412. The average Bonchev–Trinajstić information content (AvgIpc) is 3.11. The Morgan fingerprint density at radius 2 is 2.04 bits per heavy atom. The van der Waals surface area contributed by atoms with Crippen LogP contribution in [0.25, 0.3) is 0 Å². The Morgan fingerprint density at radius 3 is 2.62 bits per heavy atom. The number of imidazole rings is 1. The van der Waals surface area contributed by atoms with Crippen LogP contribution in [0, 0.1) is 0 Å². The number of anilines is 1. The van der Waals surface area contributed by atoms with Crippen molar-refractivity contribution < 1.29 is 17.9 Å². The molecule has 0 radical (unpaired) electrons. The van der Waals surface area contributed by atoms with Gasteiger partial charge in [0.15, 0.2) is 6.61 Å². The maximum atomic E-state index is 11.8. The summed E-state index contributed by atoms with van der Waals surface area (Å²) in [5, 5.41) is 2.79. The monoisotopic (exact) mass is 380 g/mol. The summed E-state index contributed by atoms with van der Waals surface area (Å²) >= 11 is 0. The number of benzene rings is 1. The third-order valence-electron chi connectivity index (χ3n) is 3.66. The normalized spacial score (nSPS) is 11.2. The summed E-state index contributed by atoms with van der Waals surface area (Å²) in [7, 11) is -3.31. The van der Waals surface area contributed by atoms with Gasteiger partial charge in [0, 0.05) is 32.0 Å². The van der Waals surface area contributed by atoms with Gasteiger partial charge in [-0.1, -0.05) is 0 Å². The van der Waals surface area contributed by atoms with E-state index in [2.05, 4.69) is 10.3 Å². The summed E-state index contributed by atoms with van der Waals surface area (Å²) in [6.07, 6.45) is 7.29. The van der Waals surface area contributed by atoms with E-state index in [4.69, 9.17) is 4.74 Å². The van der Waals surface area contributed by atoms with E-state index in [1.54, 1.807) is 43.7 Å². The molecule has 0 saturated carbocycles. The molecule has 2 aromatic rings. The van der Waals surface area contributed by atoms with Crippen molar-refractivity contribution in [2.75, 3.05) is 30.3 Å². The molecule has 1 aromatic carbocycles. The predicted octanol–water partition coefficient (Wildman–Crippen LogP) is 1.25. The van der Waals surface area contributed by atoms with Crippen LogP contribution in [0.15, 0.2) is 43.0 Å². The highest BCUT2D eigenvalue weighted by Gasteiger charge is 2.15. The van der Waals surface area contributed by atoms with Gasteiger partial charge in [0.05, 0.1) is 18.3 Å². The number of amides is 1. The molecular formula is C17H24N4O4S. The molecule has 0 aliphatic heterocycles. The molecule has 0 aliphatic carbocycles. The highest BCUT2D eigenvalue weighted by molar-refractivity contribution is 7.92. The standard InChI is InChI=1S/C17H24N4O4S/c1-3-21(26(2,23)24)15-5-7-16(8-6-15)25-13-17(22)19-9-4-11-20-12-10-18-14-20/h5-8,10,12,14H,3-4,9,11,13H2,1-2H3,(H,19,22). The van der Waals surface area contributed by atoms with Gasteiger partial charge in [0.25, 0.3) is 5.91 Å². The predicted molar refractivity (Wildman–Crippen MR) is 99.7 cm³/mol. The van der Waals surface area contributed by atoms with E-state index < -0.39 is 10.0 Å².